The maximum Gasteiger partial charge on any atom is 0.417 e. The molecule has 9 heteroatoms. The highest BCUT2D eigenvalue weighted by atomic mass is 32.1. The molecule has 2 aromatic carbocycles. The Labute approximate surface area is 189 Å². The van der Waals surface area contributed by atoms with E-state index < -0.39 is 40.0 Å². The van der Waals surface area contributed by atoms with E-state index >= 15 is 0 Å². The molecule has 1 amide bonds. The number of nitrogens with zero attached hydrogens (tertiary/aromatic N) is 3. The van der Waals surface area contributed by atoms with E-state index in [-0.39, 0.29) is 10.8 Å². The average Bonchev–Trinajstić information content (AvgIpc) is 2.83. The highest BCUT2D eigenvalue weighted by Gasteiger charge is 2.51. The van der Waals surface area contributed by atoms with Gasteiger partial charge in [0.15, 0.2) is 5.11 Å². The second-order valence-electron chi connectivity index (χ2n) is 9.07. The van der Waals surface area contributed by atoms with Crippen LogP contribution in [0.3, 0.4) is 0 Å². The van der Waals surface area contributed by atoms with Gasteiger partial charge in [0.1, 0.15) is 11.4 Å². The van der Waals surface area contributed by atoms with Crippen molar-refractivity contribution in [3.8, 4) is 6.07 Å². The summed E-state index contributed by atoms with van der Waals surface area (Å²) in [4.78, 5) is 15.6. The molecule has 3 rings (SSSR count). The van der Waals surface area contributed by atoms with E-state index in [0.29, 0.717) is 11.3 Å². The van der Waals surface area contributed by atoms with Crippen LogP contribution >= 0.6 is 12.2 Å². The lowest BCUT2D eigenvalue weighted by Crippen LogP contribution is -2.44. The van der Waals surface area contributed by atoms with Crippen LogP contribution in [0.15, 0.2) is 36.4 Å². The summed E-state index contributed by atoms with van der Waals surface area (Å²) in [5.41, 5.74) is -2.77. The maximum atomic E-state index is 14.8. The van der Waals surface area contributed by atoms with Crippen LogP contribution < -0.4 is 9.80 Å². The summed E-state index contributed by atoms with van der Waals surface area (Å²) < 4.78 is 55.1. The molecule has 4 nitrogen and oxygen atoms in total. The van der Waals surface area contributed by atoms with Gasteiger partial charge < -0.3 is 4.90 Å². The molecular weight excluding hydrogens is 442 g/mol. The van der Waals surface area contributed by atoms with E-state index in [9.17, 15) is 22.4 Å². The fourth-order valence-corrected chi connectivity index (χ4v) is 4.23. The molecule has 0 bridgehead atoms. The van der Waals surface area contributed by atoms with Gasteiger partial charge in [-0.1, -0.05) is 26.8 Å². The topological polar surface area (TPSA) is 47.3 Å². The van der Waals surface area contributed by atoms with E-state index in [2.05, 4.69) is 0 Å². The van der Waals surface area contributed by atoms with Gasteiger partial charge in [0, 0.05) is 5.69 Å². The second-order valence-corrected chi connectivity index (χ2v) is 9.44. The van der Waals surface area contributed by atoms with Crippen molar-refractivity contribution in [3.05, 3.63) is 58.9 Å². The number of amides is 1. The van der Waals surface area contributed by atoms with Gasteiger partial charge in [-0.3, -0.25) is 9.69 Å². The minimum atomic E-state index is -4.79. The zero-order chi connectivity index (χ0) is 24.2. The van der Waals surface area contributed by atoms with Crippen LogP contribution in [0.4, 0.5) is 28.9 Å². The first-order valence-corrected chi connectivity index (χ1v) is 10.1. The first-order valence-electron chi connectivity index (χ1n) is 9.71. The number of hydrogen-bond donors (Lipinski definition) is 0. The quantitative estimate of drug-likeness (QED) is 0.409. The molecule has 0 saturated carbocycles. The molecule has 1 saturated heterocycles. The Morgan fingerprint density at radius 3 is 2.09 bits per heavy atom. The summed E-state index contributed by atoms with van der Waals surface area (Å²) >= 11 is 5.46. The van der Waals surface area contributed by atoms with Crippen LogP contribution in [0.5, 0.6) is 0 Å². The smallest absolute Gasteiger partial charge is 0.303 e. The highest BCUT2D eigenvalue weighted by Crippen LogP contribution is 2.40. The SMILES string of the molecule is CC(C)(C)c1ccc(N2C(=S)N(c3ccc(C#N)c(C(F)(F)F)c3)C(=O)C2(C)C)cc1F. The molecule has 1 fully saturated rings. The summed E-state index contributed by atoms with van der Waals surface area (Å²) in [5, 5.41) is 8.94. The summed E-state index contributed by atoms with van der Waals surface area (Å²) in [6.45, 7) is 8.72. The predicted molar refractivity (Wildman–Crippen MR) is 118 cm³/mol. The number of nitriles is 1. The van der Waals surface area contributed by atoms with Crippen LogP contribution in [-0.4, -0.2) is 16.6 Å². The van der Waals surface area contributed by atoms with Crippen molar-refractivity contribution in [1.29, 1.82) is 5.26 Å². The zero-order valence-electron chi connectivity index (χ0n) is 18.1. The lowest BCUT2D eigenvalue weighted by atomic mass is 9.86. The van der Waals surface area contributed by atoms with E-state index in [4.69, 9.17) is 17.5 Å². The van der Waals surface area contributed by atoms with E-state index in [1.807, 2.05) is 20.8 Å². The molecule has 0 radical (unpaired) electrons. The van der Waals surface area contributed by atoms with Crippen molar-refractivity contribution in [1.82, 2.24) is 0 Å². The number of hydrogen-bond acceptors (Lipinski definition) is 3. The first kappa shape index (κ1) is 23.7. The number of anilines is 2. The number of alkyl halides is 3. The molecule has 0 N–H and O–H groups in total. The normalized spacial score (nSPS) is 16.5. The van der Waals surface area contributed by atoms with Crippen LogP contribution in [0.2, 0.25) is 0 Å². The number of rotatable bonds is 2. The van der Waals surface area contributed by atoms with Crippen LogP contribution in [0.25, 0.3) is 0 Å². The minimum absolute atomic E-state index is 0.0826. The van der Waals surface area contributed by atoms with Crippen molar-refractivity contribution >= 4 is 34.6 Å². The van der Waals surface area contributed by atoms with Gasteiger partial charge in [0.25, 0.3) is 5.91 Å². The van der Waals surface area contributed by atoms with Gasteiger partial charge in [-0.15, -0.1) is 0 Å². The predicted octanol–water partition coefficient (Wildman–Crippen LogP) is 5.93. The first-order chi connectivity index (χ1) is 14.6. The van der Waals surface area contributed by atoms with E-state index in [0.717, 1.165) is 17.0 Å². The molecule has 0 atom stereocenters. The van der Waals surface area contributed by atoms with E-state index in [1.165, 1.54) is 23.1 Å². The molecule has 0 aromatic heterocycles. The molecule has 0 unspecified atom stereocenters. The Morgan fingerprint density at radius 1 is 1.00 bits per heavy atom. The Hall–Kier alpha value is -2.99. The van der Waals surface area contributed by atoms with Gasteiger partial charge >= 0.3 is 6.18 Å². The van der Waals surface area contributed by atoms with Gasteiger partial charge in [-0.05, 0) is 67.4 Å². The molecule has 32 heavy (non-hydrogen) atoms. The number of halogens is 4. The summed E-state index contributed by atoms with van der Waals surface area (Å²) in [6.07, 6.45) is -4.79. The van der Waals surface area contributed by atoms with E-state index in [1.54, 1.807) is 26.0 Å². The number of thiocarbonyl (C=S) groups is 1. The molecule has 0 aliphatic carbocycles. The van der Waals surface area contributed by atoms with Gasteiger partial charge in [0.2, 0.25) is 0 Å². The molecule has 2 aromatic rings. The standard InChI is InChI=1S/C23H21F4N3OS/c1-21(2,3)16-9-8-15(11-18(16)24)30-20(32)29(19(31)22(30,4)5)14-7-6-13(12-28)17(10-14)23(25,26)27/h6-11H,1-5H3. The number of carbonyl (C=O) groups is 1. The van der Waals surface area contributed by atoms with Gasteiger partial charge in [-0.2, -0.15) is 18.4 Å². The molecular formula is C23H21F4N3OS. The van der Waals surface area contributed by atoms with Crippen LogP contribution in [0, 0.1) is 17.1 Å². The largest absolute Gasteiger partial charge is 0.417 e. The second kappa shape index (κ2) is 7.55. The Bertz CT molecular complexity index is 1160. The third kappa shape index (κ3) is 3.84. The third-order valence-electron chi connectivity index (χ3n) is 5.37. The maximum absolute atomic E-state index is 14.8. The minimum Gasteiger partial charge on any atom is -0.303 e. The Morgan fingerprint density at radius 2 is 1.59 bits per heavy atom. The Kier molecular flexibility index (Phi) is 5.59. The molecule has 1 heterocycles. The Balaban J connectivity index is 2.11. The fourth-order valence-electron chi connectivity index (χ4n) is 3.71. The fraction of sp³-hybridized carbons (Fsp3) is 0.348. The monoisotopic (exact) mass is 463 g/mol. The summed E-state index contributed by atoms with van der Waals surface area (Å²) in [7, 11) is 0. The molecule has 1 aliphatic heterocycles. The van der Waals surface area contributed by atoms with Crippen molar-refractivity contribution in [3.63, 3.8) is 0 Å². The summed E-state index contributed by atoms with van der Waals surface area (Å²) in [5.74, 6) is -1.04. The average molecular weight is 464 g/mol. The van der Waals surface area contributed by atoms with Crippen molar-refractivity contribution in [2.45, 2.75) is 51.7 Å². The van der Waals surface area contributed by atoms with Crippen molar-refractivity contribution in [2.24, 2.45) is 0 Å². The summed E-state index contributed by atoms with van der Waals surface area (Å²) in [6, 6.07) is 8.99. The number of carbonyl (C=O) groups excluding carboxylic acids is 1. The van der Waals surface area contributed by atoms with Gasteiger partial charge in [0.05, 0.1) is 22.9 Å². The number of benzene rings is 2. The zero-order valence-corrected chi connectivity index (χ0v) is 19.0. The lowest BCUT2D eigenvalue weighted by molar-refractivity contribution is -0.137. The lowest BCUT2D eigenvalue weighted by Gasteiger charge is -2.30. The highest BCUT2D eigenvalue weighted by molar-refractivity contribution is 7.81. The van der Waals surface area contributed by atoms with Crippen LogP contribution in [0.1, 0.15) is 51.3 Å². The van der Waals surface area contributed by atoms with Crippen LogP contribution in [-0.2, 0) is 16.4 Å². The third-order valence-corrected chi connectivity index (χ3v) is 5.74. The van der Waals surface area contributed by atoms with Gasteiger partial charge in [-0.25, -0.2) is 4.39 Å². The van der Waals surface area contributed by atoms with Crippen molar-refractivity contribution in [2.75, 3.05) is 9.80 Å². The van der Waals surface area contributed by atoms with Crippen molar-refractivity contribution < 1.29 is 22.4 Å². The molecule has 0 spiro atoms. The molecule has 1 aliphatic rings. The molecule has 168 valence electrons.